The molecule has 0 aliphatic carbocycles. The minimum absolute atomic E-state index is 0.302. The molecule has 1 heterocycles. The van der Waals surface area contributed by atoms with Gasteiger partial charge in [0.1, 0.15) is 11.4 Å². The normalized spacial score (nSPS) is 10.7. The number of carbonyl (C=O) groups is 1. The number of hydrogen-bond acceptors (Lipinski definition) is 5. The first-order chi connectivity index (χ1) is 12.4. The molecule has 6 nitrogen and oxygen atoms in total. The monoisotopic (exact) mass is 376 g/mol. The van der Waals surface area contributed by atoms with Gasteiger partial charge in [0.15, 0.2) is 0 Å². The van der Waals surface area contributed by atoms with E-state index in [1.165, 1.54) is 7.11 Å². The van der Waals surface area contributed by atoms with E-state index in [1.807, 2.05) is 27.1 Å². The van der Waals surface area contributed by atoms with Gasteiger partial charge in [0.2, 0.25) is 0 Å². The molecule has 2 N–H and O–H groups in total. The molecule has 2 aromatic rings. The lowest BCUT2D eigenvalue weighted by molar-refractivity contribution is 0.102. The Morgan fingerprint density at radius 1 is 1.31 bits per heavy atom. The van der Waals surface area contributed by atoms with Crippen molar-refractivity contribution in [1.29, 1.82) is 0 Å². The predicted octanol–water partition coefficient (Wildman–Crippen LogP) is 3.67. The first-order valence-corrected chi connectivity index (χ1v) is 8.78. The minimum atomic E-state index is -0.302. The lowest BCUT2D eigenvalue weighted by Crippen LogP contribution is -2.17. The van der Waals surface area contributed by atoms with Crippen LogP contribution in [0.1, 0.15) is 22.5 Å². The smallest absolute Gasteiger partial charge is 0.274 e. The van der Waals surface area contributed by atoms with E-state index in [2.05, 4.69) is 20.5 Å². The van der Waals surface area contributed by atoms with E-state index in [-0.39, 0.29) is 5.91 Å². The summed E-state index contributed by atoms with van der Waals surface area (Å²) < 4.78 is 5.28. The molecule has 140 valence electrons. The highest BCUT2D eigenvalue weighted by Crippen LogP contribution is 2.31. The van der Waals surface area contributed by atoms with Crippen LogP contribution < -0.4 is 15.4 Å². The number of aromatic nitrogens is 1. The van der Waals surface area contributed by atoms with Crippen LogP contribution >= 0.6 is 11.6 Å². The number of methoxy groups -OCH3 is 1. The Bertz CT molecular complexity index is 748. The number of ether oxygens (including phenoxy) is 1. The van der Waals surface area contributed by atoms with Crippen molar-refractivity contribution in [3.8, 4) is 5.75 Å². The summed E-state index contributed by atoms with van der Waals surface area (Å²) in [4.78, 5) is 18.8. The van der Waals surface area contributed by atoms with Crippen LogP contribution in [0, 0.1) is 6.92 Å². The molecule has 7 heteroatoms. The van der Waals surface area contributed by atoms with Crippen LogP contribution in [0.15, 0.2) is 30.5 Å². The highest BCUT2D eigenvalue weighted by atomic mass is 35.5. The van der Waals surface area contributed by atoms with Crippen molar-refractivity contribution in [3.63, 3.8) is 0 Å². The predicted molar refractivity (Wildman–Crippen MR) is 107 cm³/mol. The summed E-state index contributed by atoms with van der Waals surface area (Å²) in [5.41, 5.74) is 2.64. The van der Waals surface area contributed by atoms with Gasteiger partial charge in [-0.1, -0.05) is 11.6 Å². The molecule has 2 rings (SSSR count). The zero-order valence-corrected chi connectivity index (χ0v) is 16.4. The van der Waals surface area contributed by atoms with Gasteiger partial charge < -0.3 is 20.3 Å². The summed E-state index contributed by atoms with van der Waals surface area (Å²) in [5, 5.41) is 6.70. The van der Waals surface area contributed by atoms with Crippen LogP contribution in [-0.4, -0.2) is 50.1 Å². The summed E-state index contributed by atoms with van der Waals surface area (Å²) in [5.74, 6) is 0.206. The van der Waals surface area contributed by atoms with Crippen molar-refractivity contribution in [2.45, 2.75) is 13.3 Å². The first-order valence-electron chi connectivity index (χ1n) is 8.41. The maximum absolute atomic E-state index is 12.4. The van der Waals surface area contributed by atoms with Crippen LogP contribution in [0.3, 0.4) is 0 Å². The fourth-order valence-corrected chi connectivity index (χ4v) is 2.53. The van der Waals surface area contributed by atoms with Gasteiger partial charge in [-0.25, -0.2) is 4.98 Å². The van der Waals surface area contributed by atoms with Crippen molar-refractivity contribution < 1.29 is 9.53 Å². The summed E-state index contributed by atoms with van der Waals surface area (Å²) in [7, 11) is 5.63. The molecular formula is C19H25ClN4O2. The molecule has 0 unspecified atom stereocenters. The summed E-state index contributed by atoms with van der Waals surface area (Å²) in [6, 6.07) is 7.00. The standard InChI is InChI=1S/C19H25ClN4O2/c1-13-10-17(18(26-4)11-15(13)20)23-19(25)16-7-6-14(12-22-16)21-8-5-9-24(2)3/h6-7,10-12,21H,5,8-9H2,1-4H3,(H,23,25). The molecule has 0 bridgehead atoms. The number of amides is 1. The Labute approximate surface area is 159 Å². The van der Waals surface area contributed by atoms with E-state index in [0.717, 1.165) is 30.8 Å². The third-order valence-electron chi connectivity index (χ3n) is 3.84. The van der Waals surface area contributed by atoms with Gasteiger partial charge in [-0.05, 0) is 57.7 Å². The number of nitrogens with zero attached hydrogens (tertiary/aromatic N) is 2. The van der Waals surface area contributed by atoms with E-state index in [4.69, 9.17) is 16.3 Å². The molecular weight excluding hydrogens is 352 g/mol. The maximum atomic E-state index is 12.4. The van der Waals surface area contributed by atoms with Crippen molar-refractivity contribution >= 4 is 28.9 Å². The third-order valence-corrected chi connectivity index (χ3v) is 4.24. The van der Waals surface area contributed by atoms with E-state index in [1.54, 1.807) is 24.4 Å². The number of benzene rings is 1. The van der Waals surface area contributed by atoms with E-state index < -0.39 is 0 Å². The van der Waals surface area contributed by atoms with Gasteiger partial charge in [0.05, 0.1) is 24.7 Å². The van der Waals surface area contributed by atoms with Crippen molar-refractivity contribution in [2.24, 2.45) is 0 Å². The van der Waals surface area contributed by atoms with E-state index in [0.29, 0.717) is 22.2 Å². The number of rotatable bonds is 8. The number of aryl methyl sites for hydroxylation is 1. The van der Waals surface area contributed by atoms with Gasteiger partial charge in [0, 0.05) is 17.6 Å². The average molecular weight is 377 g/mol. The second-order valence-electron chi connectivity index (χ2n) is 6.27. The topological polar surface area (TPSA) is 66.5 Å². The number of pyridine rings is 1. The molecule has 0 radical (unpaired) electrons. The van der Waals surface area contributed by atoms with Gasteiger partial charge in [0.25, 0.3) is 5.91 Å². The molecule has 0 spiro atoms. The zero-order valence-electron chi connectivity index (χ0n) is 15.6. The van der Waals surface area contributed by atoms with Gasteiger partial charge >= 0.3 is 0 Å². The second kappa shape index (κ2) is 9.40. The van der Waals surface area contributed by atoms with Gasteiger partial charge in [-0.3, -0.25) is 4.79 Å². The van der Waals surface area contributed by atoms with Crippen LogP contribution in [0.4, 0.5) is 11.4 Å². The lowest BCUT2D eigenvalue weighted by atomic mass is 10.2. The van der Waals surface area contributed by atoms with Gasteiger partial charge in [-0.15, -0.1) is 0 Å². The lowest BCUT2D eigenvalue weighted by Gasteiger charge is -2.12. The molecule has 0 aliphatic rings. The minimum Gasteiger partial charge on any atom is -0.495 e. The molecule has 1 aromatic carbocycles. The van der Waals surface area contributed by atoms with Crippen molar-refractivity contribution in [2.75, 3.05) is 44.9 Å². The zero-order chi connectivity index (χ0) is 19.1. The third kappa shape index (κ3) is 5.61. The maximum Gasteiger partial charge on any atom is 0.274 e. The van der Waals surface area contributed by atoms with Crippen LogP contribution in [0.2, 0.25) is 5.02 Å². The molecule has 0 saturated carbocycles. The molecule has 0 atom stereocenters. The highest BCUT2D eigenvalue weighted by Gasteiger charge is 2.13. The largest absolute Gasteiger partial charge is 0.495 e. The van der Waals surface area contributed by atoms with Crippen molar-refractivity contribution in [1.82, 2.24) is 9.88 Å². The Hall–Kier alpha value is -2.31. The average Bonchev–Trinajstić information content (AvgIpc) is 2.62. The fraction of sp³-hybridized carbons (Fsp3) is 0.368. The Morgan fingerprint density at radius 3 is 2.69 bits per heavy atom. The van der Waals surface area contributed by atoms with Crippen molar-refractivity contribution in [3.05, 3.63) is 46.7 Å². The summed E-state index contributed by atoms with van der Waals surface area (Å²) in [6.07, 6.45) is 2.69. The molecule has 1 aromatic heterocycles. The number of carbonyl (C=O) groups excluding carboxylic acids is 1. The molecule has 0 aliphatic heterocycles. The fourth-order valence-electron chi connectivity index (χ4n) is 2.38. The van der Waals surface area contributed by atoms with Crippen LogP contribution in [0.5, 0.6) is 5.75 Å². The number of hydrogen-bond donors (Lipinski definition) is 2. The van der Waals surface area contributed by atoms with Crippen LogP contribution in [0.25, 0.3) is 0 Å². The Balaban J connectivity index is 1.99. The Morgan fingerprint density at radius 2 is 2.08 bits per heavy atom. The molecule has 1 amide bonds. The van der Waals surface area contributed by atoms with Crippen LogP contribution in [-0.2, 0) is 0 Å². The number of anilines is 2. The quantitative estimate of drug-likeness (QED) is 0.688. The highest BCUT2D eigenvalue weighted by molar-refractivity contribution is 6.31. The van der Waals surface area contributed by atoms with Gasteiger partial charge in [-0.2, -0.15) is 0 Å². The van der Waals surface area contributed by atoms with E-state index in [9.17, 15) is 4.79 Å². The van der Waals surface area contributed by atoms with E-state index >= 15 is 0 Å². The summed E-state index contributed by atoms with van der Waals surface area (Å²) in [6.45, 7) is 3.74. The summed E-state index contributed by atoms with van der Waals surface area (Å²) >= 11 is 6.09. The molecule has 0 saturated heterocycles. The number of halogens is 1. The number of nitrogens with one attached hydrogen (secondary N) is 2. The first kappa shape index (κ1) is 20.0. The molecule has 26 heavy (non-hydrogen) atoms. The Kier molecular flexibility index (Phi) is 7.24. The SMILES string of the molecule is COc1cc(Cl)c(C)cc1NC(=O)c1ccc(NCCCN(C)C)cn1. The molecule has 0 fully saturated rings. The second-order valence-corrected chi connectivity index (χ2v) is 6.68.